The lowest BCUT2D eigenvalue weighted by atomic mass is 10.0. The van der Waals surface area contributed by atoms with Gasteiger partial charge in [0, 0.05) is 37.2 Å². The van der Waals surface area contributed by atoms with Gasteiger partial charge < -0.3 is 4.90 Å². The zero-order chi connectivity index (χ0) is 22.2. The van der Waals surface area contributed by atoms with E-state index in [1.54, 1.807) is 11.0 Å². The second-order valence-corrected chi connectivity index (χ2v) is 9.86. The molecule has 2 saturated heterocycles. The van der Waals surface area contributed by atoms with Crippen molar-refractivity contribution >= 4 is 27.5 Å². The maximum Gasteiger partial charge on any atom is 0.243 e. The number of rotatable bonds is 4. The van der Waals surface area contributed by atoms with Gasteiger partial charge in [-0.3, -0.25) is 4.79 Å². The fourth-order valence-electron chi connectivity index (χ4n) is 3.82. The van der Waals surface area contributed by atoms with Gasteiger partial charge in [0.1, 0.15) is 6.04 Å². The standard InChI is InChI=1S/C20H21ClF2N4O3S/c21-14-3-1-2-13(10-14)18-12-19(25-24-18)20(28)26-6-8-27(9-7-26)31(29,30)15-4-5-16(22)17(23)11-15/h1-5,10-11,18-19,24-25H,6-9,12H2. The average molecular weight is 471 g/mol. The molecule has 2 N–H and O–H groups in total. The molecular weight excluding hydrogens is 450 g/mol. The number of nitrogens with zero attached hydrogens (tertiary/aromatic N) is 2. The van der Waals surface area contributed by atoms with Gasteiger partial charge in [-0.25, -0.2) is 28.1 Å². The summed E-state index contributed by atoms with van der Waals surface area (Å²) >= 11 is 6.04. The molecule has 2 aromatic carbocycles. The van der Waals surface area contributed by atoms with E-state index in [2.05, 4.69) is 10.9 Å². The second-order valence-electron chi connectivity index (χ2n) is 7.49. The summed E-state index contributed by atoms with van der Waals surface area (Å²) in [6.45, 7) is 0.569. The summed E-state index contributed by atoms with van der Waals surface area (Å²) in [5.74, 6) is -2.45. The summed E-state index contributed by atoms with van der Waals surface area (Å²) in [6, 6.07) is 9.39. The number of benzene rings is 2. The zero-order valence-corrected chi connectivity index (χ0v) is 18.0. The lowest BCUT2D eigenvalue weighted by Crippen LogP contribution is -2.54. The summed E-state index contributed by atoms with van der Waals surface area (Å²) in [4.78, 5) is 14.2. The van der Waals surface area contributed by atoms with E-state index in [0.29, 0.717) is 17.5 Å². The smallest absolute Gasteiger partial charge is 0.243 e. The van der Waals surface area contributed by atoms with E-state index in [1.165, 1.54) is 4.31 Å². The number of piperazine rings is 1. The first kappa shape index (κ1) is 22.1. The van der Waals surface area contributed by atoms with Crippen LogP contribution in [0.25, 0.3) is 0 Å². The third-order valence-corrected chi connectivity index (χ3v) is 7.66. The molecule has 7 nitrogen and oxygen atoms in total. The topological polar surface area (TPSA) is 81.8 Å². The number of hydrogen-bond acceptors (Lipinski definition) is 5. The Morgan fingerprint density at radius 3 is 2.42 bits per heavy atom. The molecule has 2 unspecified atom stereocenters. The van der Waals surface area contributed by atoms with Crippen LogP contribution in [0.1, 0.15) is 18.0 Å². The molecule has 11 heteroatoms. The van der Waals surface area contributed by atoms with E-state index in [4.69, 9.17) is 11.6 Å². The van der Waals surface area contributed by atoms with Crippen molar-refractivity contribution in [3.8, 4) is 0 Å². The highest BCUT2D eigenvalue weighted by Crippen LogP contribution is 2.26. The lowest BCUT2D eigenvalue weighted by Gasteiger charge is -2.35. The fourth-order valence-corrected chi connectivity index (χ4v) is 5.45. The molecule has 0 spiro atoms. The van der Waals surface area contributed by atoms with Crippen LogP contribution in [-0.4, -0.2) is 55.8 Å². The van der Waals surface area contributed by atoms with Crippen LogP contribution in [0.3, 0.4) is 0 Å². The summed E-state index contributed by atoms with van der Waals surface area (Å²) in [5, 5.41) is 0.618. The number of sulfonamides is 1. The van der Waals surface area contributed by atoms with Gasteiger partial charge in [0.25, 0.3) is 0 Å². The maximum absolute atomic E-state index is 13.5. The number of hydrogen-bond donors (Lipinski definition) is 2. The van der Waals surface area contributed by atoms with Crippen molar-refractivity contribution in [3.63, 3.8) is 0 Å². The van der Waals surface area contributed by atoms with Crippen LogP contribution in [0.4, 0.5) is 8.78 Å². The summed E-state index contributed by atoms with van der Waals surface area (Å²) in [5.41, 5.74) is 7.08. The van der Waals surface area contributed by atoms with Crippen molar-refractivity contribution in [1.29, 1.82) is 0 Å². The molecule has 2 fully saturated rings. The van der Waals surface area contributed by atoms with Gasteiger partial charge in [-0.05, 0) is 42.3 Å². The molecule has 31 heavy (non-hydrogen) atoms. The SMILES string of the molecule is O=C(C1CC(c2cccc(Cl)c2)NN1)N1CCN(S(=O)(=O)c2ccc(F)c(F)c2)CC1. The maximum atomic E-state index is 13.5. The van der Waals surface area contributed by atoms with Crippen LogP contribution in [0.15, 0.2) is 47.4 Å². The Labute approximate surface area is 184 Å². The number of nitrogens with one attached hydrogen (secondary N) is 2. The Bertz CT molecular complexity index is 1090. The third-order valence-electron chi connectivity index (χ3n) is 5.53. The van der Waals surface area contributed by atoms with Crippen molar-refractivity contribution < 1.29 is 22.0 Å². The van der Waals surface area contributed by atoms with Crippen molar-refractivity contribution in [3.05, 3.63) is 64.7 Å². The van der Waals surface area contributed by atoms with E-state index in [-0.39, 0.29) is 43.0 Å². The second kappa shape index (κ2) is 8.79. The number of carbonyl (C=O) groups excluding carboxylic acids is 1. The molecule has 2 heterocycles. The third kappa shape index (κ3) is 4.58. The highest BCUT2D eigenvalue weighted by Gasteiger charge is 2.36. The van der Waals surface area contributed by atoms with Crippen LogP contribution in [0.5, 0.6) is 0 Å². The van der Waals surface area contributed by atoms with Gasteiger partial charge in [0.15, 0.2) is 11.6 Å². The fraction of sp³-hybridized carbons (Fsp3) is 0.350. The van der Waals surface area contributed by atoms with E-state index >= 15 is 0 Å². The van der Waals surface area contributed by atoms with Crippen LogP contribution >= 0.6 is 11.6 Å². The first-order valence-electron chi connectivity index (χ1n) is 9.76. The van der Waals surface area contributed by atoms with E-state index in [0.717, 1.165) is 17.7 Å². The molecule has 166 valence electrons. The quantitative estimate of drug-likeness (QED) is 0.715. The van der Waals surface area contributed by atoms with E-state index in [1.807, 2.05) is 18.2 Å². The molecule has 0 aromatic heterocycles. The largest absolute Gasteiger partial charge is 0.339 e. The minimum absolute atomic E-state index is 0.0670. The molecule has 0 aliphatic carbocycles. The van der Waals surface area contributed by atoms with Crippen LogP contribution in [-0.2, 0) is 14.8 Å². The minimum Gasteiger partial charge on any atom is -0.339 e. The summed E-state index contributed by atoms with van der Waals surface area (Å²) < 4.78 is 53.2. The number of hydrazine groups is 1. The van der Waals surface area contributed by atoms with Crippen molar-refractivity contribution in [2.75, 3.05) is 26.2 Å². The molecule has 4 rings (SSSR count). The lowest BCUT2D eigenvalue weighted by molar-refractivity contribution is -0.134. The van der Waals surface area contributed by atoms with Gasteiger partial charge in [0.05, 0.1) is 4.90 Å². The van der Waals surface area contributed by atoms with Crippen LogP contribution in [0, 0.1) is 11.6 Å². The average Bonchev–Trinajstić information content (AvgIpc) is 3.25. The van der Waals surface area contributed by atoms with E-state index in [9.17, 15) is 22.0 Å². The Kier molecular flexibility index (Phi) is 6.27. The Morgan fingerprint density at radius 1 is 1.00 bits per heavy atom. The molecule has 0 radical (unpaired) electrons. The molecule has 2 aliphatic heterocycles. The highest BCUT2D eigenvalue weighted by atomic mass is 35.5. The highest BCUT2D eigenvalue weighted by molar-refractivity contribution is 7.89. The monoisotopic (exact) mass is 470 g/mol. The predicted octanol–water partition coefficient (Wildman–Crippen LogP) is 2.06. The minimum atomic E-state index is -3.97. The normalized spacial score (nSPS) is 22.6. The summed E-state index contributed by atoms with van der Waals surface area (Å²) in [7, 11) is -3.97. The number of halogens is 3. The molecule has 2 aliphatic rings. The van der Waals surface area contributed by atoms with Gasteiger partial charge in [-0.1, -0.05) is 23.7 Å². The van der Waals surface area contributed by atoms with Crippen molar-refractivity contribution in [2.45, 2.75) is 23.4 Å². The summed E-state index contributed by atoms with van der Waals surface area (Å²) in [6.07, 6.45) is 0.534. The van der Waals surface area contributed by atoms with Gasteiger partial charge >= 0.3 is 0 Å². The van der Waals surface area contributed by atoms with Crippen molar-refractivity contribution in [1.82, 2.24) is 20.1 Å². The molecule has 2 atom stereocenters. The van der Waals surface area contributed by atoms with Gasteiger partial charge in [-0.2, -0.15) is 4.31 Å². The molecular formula is C20H21ClF2N4O3S. The molecule has 1 amide bonds. The van der Waals surface area contributed by atoms with Crippen LogP contribution in [0.2, 0.25) is 5.02 Å². The van der Waals surface area contributed by atoms with Gasteiger partial charge in [0.2, 0.25) is 15.9 Å². The van der Waals surface area contributed by atoms with Crippen LogP contribution < -0.4 is 10.9 Å². The molecule has 0 bridgehead atoms. The number of carbonyl (C=O) groups is 1. The molecule has 0 saturated carbocycles. The predicted molar refractivity (Wildman–Crippen MR) is 111 cm³/mol. The Balaban J connectivity index is 1.36. The van der Waals surface area contributed by atoms with Crippen molar-refractivity contribution in [2.24, 2.45) is 0 Å². The first-order chi connectivity index (χ1) is 14.8. The Hall–Kier alpha value is -2.11. The zero-order valence-electron chi connectivity index (χ0n) is 16.4. The Morgan fingerprint density at radius 2 is 1.74 bits per heavy atom. The number of amides is 1. The van der Waals surface area contributed by atoms with Gasteiger partial charge in [-0.15, -0.1) is 0 Å². The molecule has 2 aromatic rings. The first-order valence-corrected chi connectivity index (χ1v) is 11.6. The van der Waals surface area contributed by atoms with E-state index < -0.39 is 27.7 Å².